The van der Waals surface area contributed by atoms with Gasteiger partial charge in [-0.25, -0.2) is 13.1 Å². The lowest BCUT2D eigenvalue weighted by atomic mass is 10.2. The van der Waals surface area contributed by atoms with Crippen molar-refractivity contribution in [2.24, 2.45) is 5.92 Å². The van der Waals surface area contributed by atoms with Crippen LogP contribution in [-0.2, 0) is 27.9 Å². The second-order valence-corrected chi connectivity index (χ2v) is 10.0. The molecule has 7 nitrogen and oxygen atoms in total. The van der Waals surface area contributed by atoms with Gasteiger partial charge in [0.05, 0.1) is 10.6 Å². The number of halogens is 1. The van der Waals surface area contributed by atoms with Crippen molar-refractivity contribution >= 4 is 33.6 Å². The van der Waals surface area contributed by atoms with Crippen LogP contribution in [0.4, 0.5) is 0 Å². The van der Waals surface area contributed by atoms with Gasteiger partial charge in [-0.1, -0.05) is 37.6 Å². The van der Waals surface area contributed by atoms with E-state index in [1.54, 1.807) is 35.0 Å². The first-order valence-corrected chi connectivity index (χ1v) is 11.8. The normalized spacial score (nSPS) is 14.6. The number of nitrogens with one attached hydrogen (secondary N) is 2. The van der Waals surface area contributed by atoms with Gasteiger partial charge in [-0.05, 0) is 49.5 Å². The topological polar surface area (TPSA) is 93.1 Å². The number of nitrogens with zero attached hydrogens (tertiary/aromatic N) is 2. The standard InChI is InChI=1S/C21H27ClN4O3S/c1-14(2)13-26-21(22)19(15(3)24-26)10-11-20(27)23-12-16-4-8-18(9-5-16)30(28,29)25-17-6-7-17/h4-5,8-11,14,17,25H,6-7,12-13H2,1-3H3,(H,23,27)/b11-10+. The smallest absolute Gasteiger partial charge is 0.244 e. The molecule has 0 bridgehead atoms. The van der Waals surface area contributed by atoms with Crippen LogP contribution in [0.3, 0.4) is 0 Å². The van der Waals surface area contributed by atoms with Crippen molar-refractivity contribution in [3.05, 3.63) is 52.3 Å². The van der Waals surface area contributed by atoms with Gasteiger partial charge >= 0.3 is 0 Å². The van der Waals surface area contributed by atoms with Gasteiger partial charge in [0, 0.05) is 30.8 Å². The van der Waals surface area contributed by atoms with E-state index in [0.717, 1.165) is 29.7 Å². The molecule has 1 aromatic carbocycles. The number of carbonyl (C=O) groups excluding carboxylic acids is 1. The molecule has 0 unspecified atom stereocenters. The number of benzene rings is 1. The first-order valence-electron chi connectivity index (χ1n) is 9.96. The summed E-state index contributed by atoms with van der Waals surface area (Å²) in [4.78, 5) is 12.4. The van der Waals surface area contributed by atoms with Crippen LogP contribution in [-0.4, -0.2) is 30.1 Å². The van der Waals surface area contributed by atoms with Crippen molar-refractivity contribution in [2.45, 2.75) is 57.6 Å². The molecule has 1 heterocycles. The summed E-state index contributed by atoms with van der Waals surface area (Å²) in [6.45, 7) is 7.03. The second kappa shape index (κ2) is 9.32. The summed E-state index contributed by atoms with van der Waals surface area (Å²) < 4.78 is 28.8. The molecule has 2 N–H and O–H groups in total. The van der Waals surface area contributed by atoms with E-state index in [9.17, 15) is 13.2 Å². The first-order chi connectivity index (χ1) is 14.2. The van der Waals surface area contributed by atoms with E-state index in [4.69, 9.17) is 11.6 Å². The largest absolute Gasteiger partial charge is 0.348 e. The molecular formula is C21H27ClN4O3S. The molecule has 1 fully saturated rings. The molecule has 0 aliphatic heterocycles. The Morgan fingerprint density at radius 3 is 2.57 bits per heavy atom. The van der Waals surface area contributed by atoms with Crippen molar-refractivity contribution in [1.82, 2.24) is 19.8 Å². The highest BCUT2D eigenvalue weighted by atomic mass is 35.5. The number of rotatable bonds is 9. The molecule has 1 amide bonds. The Bertz CT molecular complexity index is 1040. The molecule has 1 aliphatic carbocycles. The Balaban J connectivity index is 1.56. The third-order valence-electron chi connectivity index (χ3n) is 4.65. The summed E-state index contributed by atoms with van der Waals surface area (Å²) in [5, 5.41) is 7.72. The van der Waals surface area contributed by atoms with E-state index in [0.29, 0.717) is 24.2 Å². The van der Waals surface area contributed by atoms with Crippen LogP contribution in [0.25, 0.3) is 6.08 Å². The number of aromatic nitrogens is 2. The quantitative estimate of drug-likeness (QED) is 0.573. The summed E-state index contributed by atoms with van der Waals surface area (Å²) >= 11 is 6.38. The Hall–Kier alpha value is -2.16. The zero-order valence-electron chi connectivity index (χ0n) is 17.4. The molecule has 162 valence electrons. The van der Waals surface area contributed by atoms with Crippen LogP contribution in [0.2, 0.25) is 5.15 Å². The zero-order chi connectivity index (χ0) is 21.9. The molecule has 9 heteroatoms. The van der Waals surface area contributed by atoms with Gasteiger partial charge < -0.3 is 5.32 Å². The zero-order valence-corrected chi connectivity index (χ0v) is 18.9. The molecule has 30 heavy (non-hydrogen) atoms. The lowest BCUT2D eigenvalue weighted by Crippen LogP contribution is -2.25. The summed E-state index contributed by atoms with van der Waals surface area (Å²) in [5.41, 5.74) is 2.30. The maximum Gasteiger partial charge on any atom is 0.244 e. The molecule has 1 aromatic heterocycles. The molecule has 0 spiro atoms. The Morgan fingerprint density at radius 2 is 1.97 bits per heavy atom. The van der Waals surface area contributed by atoms with E-state index < -0.39 is 10.0 Å². The first kappa shape index (κ1) is 22.5. The Morgan fingerprint density at radius 1 is 1.30 bits per heavy atom. The van der Waals surface area contributed by atoms with Crippen molar-refractivity contribution < 1.29 is 13.2 Å². The molecule has 0 saturated heterocycles. The Kier molecular flexibility index (Phi) is 7.00. The third-order valence-corrected chi connectivity index (χ3v) is 6.58. The number of hydrogen-bond donors (Lipinski definition) is 2. The SMILES string of the molecule is Cc1nn(CC(C)C)c(Cl)c1/C=C/C(=O)NCc1ccc(S(=O)(=O)NC2CC2)cc1. The monoisotopic (exact) mass is 450 g/mol. The predicted molar refractivity (Wildman–Crippen MR) is 117 cm³/mol. The maximum absolute atomic E-state index is 12.2. The average molecular weight is 451 g/mol. The van der Waals surface area contributed by atoms with Gasteiger partial charge in [-0.2, -0.15) is 5.10 Å². The maximum atomic E-state index is 12.2. The van der Waals surface area contributed by atoms with Gasteiger partial charge in [0.2, 0.25) is 15.9 Å². The van der Waals surface area contributed by atoms with E-state index >= 15 is 0 Å². The summed E-state index contributed by atoms with van der Waals surface area (Å²) in [6.07, 6.45) is 4.87. The fourth-order valence-corrected chi connectivity index (χ4v) is 4.52. The average Bonchev–Trinajstić information content (AvgIpc) is 3.44. The number of amides is 1. The predicted octanol–water partition coefficient (Wildman–Crippen LogP) is 3.27. The van der Waals surface area contributed by atoms with Crippen LogP contribution in [0.15, 0.2) is 35.2 Å². The minimum absolute atomic E-state index is 0.0652. The van der Waals surface area contributed by atoms with Crippen molar-refractivity contribution in [3.63, 3.8) is 0 Å². The molecule has 0 atom stereocenters. The second-order valence-electron chi connectivity index (χ2n) is 7.96. The Labute approximate surface area is 182 Å². The molecule has 1 aliphatic rings. The van der Waals surface area contributed by atoms with Crippen LogP contribution in [0.1, 0.15) is 43.5 Å². The highest BCUT2D eigenvalue weighted by Gasteiger charge is 2.27. The van der Waals surface area contributed by atoms with Crippen molar-refractivity contribution in [3.8, 4) is 0 Å². The molecule has 2 aromatic rings. The summed E-state index contributed by atoms with van der Waals surface area (Å²) in [5.74, 6) is 0.141. The molecule has 0 radical (unpaired) electrons. The highest BCUT2D eigenvalue weighted by molar-refractivity contribution is 7.89. The van der Waals surface area contributed by atoms with E-state index in [-0.39, 0.29) is 16.8 Å². The van der Waals surface area contributed by atoms with Gasteiger partial charge in [-0.15, -0.1) is 0 Å². The summed E-state index contributed by atoms with van der Waals surface area (Å²) in [6, 6.07) is 6.56. The molecule has 3 rings (SSSR count). The van der Waals surface area contributed by atoms with Crippen LogP contribution in [0, 0.1) is 12.8 Å². The van der Waals surface area contributed by atoms with Crippen LogP contribution >= 0.6 is 11.6 Å². The van der Waals surface area contributed by atoms with Crippen molar-refractivity contribution in [1.29, 1.82) is 0 Å². The number of hydrogen-bond acceptors (Lipinski definition) is 4. The number of aryl methyl sites for hydroxylation is 1. The van der Waals surface area contributed by atoms with Gasteiger partial charge in [0.15, 0.2) is 0 Å². The van der Waals surface area contributed by atoms with Gasteiger partial charge in [0.25, 0.3) is 0 Å². The van der Waals surface area contributed by atoms with E-state index in [1.165, 1.54) is 6.08 Å². The highest BCUT2D eigenvalue weighted by Crippen LogP contribution is 2.23. The fourth-order valence-electron chi connectivity index (χ4n) is 2.91. The lowest BCUT2D eigenvalue weighted by molar-refractivity contribution is -0.116. The lowest BCUT2D eigenvalue weighted by Gasteiger charge is -2.07. The van der Waals surface area contributed by atoms with E-state index in [2.05, 4.69) is 29.0 Å². The number of carbonyl (C=O) groups is 1. The molecular weight excluding hydrogens is 424 g/mol. The van der Waals surface area contributed by atoms with E-state index in [1.807, 2.05) is 6.92 Å². The van der Waals surface area contributed by atoms with Crippen molar-refractivity contribution in [2.75, 3.05) is 0 Å². The number of sulfonamides is 1. The van der Waals surface area contributed by atoms with Gasteiger partial charge in [0.1, 0.15) is 5.15 Å². The summed E-state index contributed by atoms with van der Waals surface area (Å²) in [7, 11) is -3.47. The van der Waals surface area contributed by atoms with Crippen LogP contribution < -0.4 is 10.0 Å². The van der Waals surface area contributed by atoms with Crippen LogP contribution in [0.5, 0.6) is 0 Å². The minimum atomic E-state index is -3.47. The minimum Gasteiger partial charge on any atom is -0.348 e. The van der Waals surface area contributed by atoms with Gasteiger partial charge in [-0.3, -0.25) is 9.48 Å². The molecule has 1 saturated carbocycles. The third kappa shape index (κ3) is 5.93. The fraction of sp³-hybridized carbons (Fsp3) is 0.429.